The molecule has 0 aromatic heterocycles. The van der Waals surface area contributed by atoms with Gasteiger partial charge in [0.1, 0.15) is 18.9 Å². The molecule has 1 fully saturated rings. The van der Waals surface area contributed by atoms with E-state index in [0.717, 1.165) is 20.8 Å². The molecule has 0 aromatic rings. The molecule has 1 aliphatic heterocycles. The van der Waals surface area contributed by atoms with Crippen LogP contribution in [0, 0.1) is 5.92 Å². The zero-order valence-corrected chi connectivity index (χ0v) is 13.5. The highest BCUT2D eigenvalue weighted by molar-refractivity contribution is 5.74. The minimum atomic E-state index is -1.92. The maximum absolute atomic E-state index is 14.8. The second-order valence-electron chi connectivity index (χ2n) is 5.31. The summed E-state index contributed by atoms with van der Waals surface area (Å²) in [5, 5.41) is 0. The van der Waals surface area contributed by atoms with Crippen molar-refractivity contribution >= 4 is 23.8 Å². The van der Waals surface area contributed by atoms with Crippen LogP contribution in [0.3, 0.4) is 0 Å². The van der Waals surface area contributed by atoms with Crippen LogP contribution in [0.4, 0.5) is 4.39 Å². The van der Waals surface area contributed by atoms with Crippen LogP contribution in [0.5, 0.6) is 0 Å². The Morgan fingerprint density at radius 3 is 2.08 bits per heavy atom. The summed E-state index contributed by atoms with van der Waals surface area (Å²) < 4.78 is 34.7. The summed E-state index contributed by atoms with van der Waals surface area (Å²) in [7, 11) is 0. The van der Waals surface area contributed by atoms with Crippen LogP contribution in [0.15, 0.2) is 0 Å². The molecule has 0 spiro atoms. The zero-order valence-electron chi connectivity index (χ0n) is 13.5. The number of nitrogens with two attached hydrogens (primary N) is 1. The second kappa shape index (κ2) is 8.57. The van der Waals surface area contributed by atoms with Crippen molar-refractivity contribution in [3.05, 3.63) is 0 Å². The summed E-state index contributed by atoms with van der Waals surface area (Å²) in [6.45, 7) is 2.86. The Kier molecular flexibility index (Phi) is 7.08. The van der Waals surface area contributed by atoms with Crippen molar-refractivity contribution in [3.8, 4) is 0 Å². The third-order valence-corrected chi connectivity index (χ3v) is 3.22. The molecule has 136 valence electrons. The van der Waals surface area contributed by atoms with Crippen LogP contribution in [-0.2, 0) is 38.1 Å². The first-order chi connectivity index (χ1) is 11.1. The molecule has 1 heterocycles. The highest BCUT2D eigenvalue weighted by Crippen LogP contribution is 2.33. The van der Waals surface area contributed by atoms with Gasteiger partial charge < -0.3 is 24.7 Å². The topological polar surface area (TPSA) is 131 Å². The van der Waals surface area contributed by atoms with Gasteiger partial charge in [0.05, 0.1) is 5.92 Å². The first kappa shape index (κ1) is 19.8. The van der Waals surface area contributed by atoms with E-state index in [2.05, 4.69) is 0 Å². The molecule has 0 radical (unpaired) electrons. The van der Waals surface area contributed by atoms with Crippen LogP contribution < -0.4 is 5.73 Å². The van der Waals surface area contributed by atoms with Crippen molar-refractivity contribution in [2.75, 3.05) is 6.61 Å². The first-order valence-electron chi connectivity index (χ1n) is 7.17. The monoisotopic (exact) mass is 349 g/mol. The van der Waals surface area contributed by atoms with Gasteiger partial charge in [0.15, 0.2) is 6.10 Å². The maximum atomic E-state index is 14.8. The standard InChI is InChI=1S/C14H20FNO8/c1-6(17)21-5-10-13(22-7(2)18)12(15)9(4-11(16)20)14(24-10)23-8(3)19/h9-10,12-14H,4-5H2,1-3H3,(H2,16,20)/t9-,10+,12-,13+,14-/m0/s1. The average molecular weight is 349 g/mol. The molecular weight excluding hydrogens is 329 g/mol. The van der Waals surface area contributed by atoms with Crippen molar-refractivity contribution in [3.63, 3.8) is 0 Å². The van der Waals surface area contributed by atoms with E-state index in [9.17, 15) is 23.6 Å². The highest BCUT2D eigenvalue weighted by atomic mass is 19.1. The number of halogens is 1. The van der Waals surface area contributed by atoms with E-state index in [4.69, 9.17) is 24.7 Å². The molecule has 0 saturated carbocycles. The number of rotatable bonds is 6. The lowest BCUT2D eigenvalue weighted by molar-refractivity contribution is -0.271. The van der Waals surface area contributed by atoms with E-state index < -0.39 is 67.4 Å². The minimum Gasteiger partial charge on any atom is -0.463 e. The number of alkyl halides is 1. The number of carbonyl (C=O) groups excluding carboxylic acids is 4. The van der Waals surface area contributed by atoms with Crippen molar-refractivity contribution < 1.29 is 42.5 Å². The number of hydrogen-bond donors (Lipinski definition) is 1. The molecule has 0 aliphatic carbocycles. The van der Waals surface area contributed by atoms with E-state index in [-0.39, 0.29) is 0 Å². The van der Waals surface area contributed by atoms with Crippen molar-refractivity contribution in [1.29, 1.82) is 0 Å². The molecule has 1 rings (SSSR count). The van der Waals surface area contributed by atoms with E-state index in [0.29, 0.717) is 0 Å². The molecule has 1 aliphatic rings. The molecule has 2 N–H and O–H groups in total. The van der Waals surface area contributed by atoms with Gasteiger partial charge in [0.2, 0.25) is 12.2 Å². The summed E-state index contributed by atoms with van der Waals surface area (Å²) >= 11 is 0. The number of amides is 1. The molecule has 9 nitrogen and oxygen atoms in total. The van der Waals surface area contributed by atoms with Crippen LogP contribution in [0.1, 0.15) is 27.2 Å². The molecule has 10 heteroatoms. The largest absolute Gasteiger partial charge is 0.463 e. The summed E-state index contributed by atoms with van der Waals surface area (Å²) in [6, 6.07) is 0. The summed E-state index contributed by atoms with van der Waals surface area (Å²) in [4.78, 5) is 44.5. The Hall–Kier alpha value is -2.23. The van der Waals surface area contributed by atoms with Crippen LogP contribution in [0.2, 0.25) is 0 Å². The van der Waals surface area contributed by atoms with E-state index in [1.807, 2.05) is 0 Å². The van der Waals surface area contributed by atoms with Gasteiger partial charge in [-0.2, -0.15) is 0 Å². The number of esters is 3. The fourth-order valence-corrected chi connectivity index (χ4v) is 2.34. The smallest absolute Gasteiger partial charge is 0.304 e. The third kappa shape index (κ3) is 5.76. The lowest BCUT2D eigenvalue weighted by Gasteiger charge is -2.41. The normalized spacial score (nSPS) is 29.4. The van der Waals surface area contributed by atoms with Gasteiger partial charge in [-0.15, -0.1) is 0 Å². The van der Waals surface area contributed by atoms with Crippen molar-refractivity contribution in [1.82, 2.24) is 0 Å². The Labute approximate surface area is 137 Å². The fourth-order valence-electron chi connectivity index (χ4n) is 2.34. The molecule has 24 heavy (non-hydrogen) atoms. The number of hydrogen-bond acceptors (Lipinski definition) is 8. The van der Waals surface area contributed by atoms with E-state index in [1.165, 1.54) is 0 Å². The summed E-state index contributed by atoms with van der Waals surface area (Å²) in [5.41, 5.74) is 5.08. The zero-order chi connectivity index (χ0) is 18.4. The van der Waals surface area contributed by atoms with E-state index in [1.54, 1.807) is 0 Å². The van der Waals surface area contributed by atoms with Crippen LogP contribution in [0.25, 0.3) is 0 Å². The van der Waals surface area contributed by atoms with Crippen molar-refractivity contribution in [2.45, 2.75) is 51.9 Å². The molecule has 0 aromatic carbocycles. The van der Waals surface area contributed by atoms with E-state index >= 15 is 0 Å². The Balaban J connectivity index is 3.04. The van der Waals surface area contributed by atoms with Gasteiger partial charge in [-0.25, -0.2) is 4.39 Å². The lowest BCUT2D eigenvalue weighted by atomic mass is 9.89. The van der Waals surface area contributed by atoms with Crippen molar-refractivity contribution in [2.24, 2.45) is 11.7 Å². The predicted octanol–water partition coefficient (Wildman–Crippen LogP) is -0.401. The quantitative estimate of drug-likeness (QED) is 0.506. The Morgan fingerprint density at radius 2 is 1.62 bits per heavy atom. The summed E-state index contributed by atoms with van der Waals surface area (Å²) in [6.07, 6.45) is -6.49. The third-order valence-electron chi connectivity index (χ3n) is 3.22. The van der Waals surface area contributed by atoms with Gasteiger partial charge in [-0.1, -0.05) is 0 Å². The summed E-state index contributed by atoms with van der Waals surface area (Å²) in [5.74, 6) is -4.31. The molecular formula is C14H20FNO8. The minimum absolute atomic E-state index is 0.422. The van der Waals surface area contributed by atoms with Gasteiger partial charge in [-0.05, 0) is 0 Å². The Bertz CT molecular complexity index is 509. The molecule has 1 saturated heterocycles. The predicted molar refractivity (Wildman–Crippen MR) is 74.8 cm³/mol. The Morgan fingerprint density at radius 1 is 1.04 bits per heavy atom. The molecule has 1 amide bonds. The number of carbonyl (C=O) groups is 4. The molecule has 0 bridgehead atoms. The number of ether oxygens (including phenoxy) is 4. The van der Waals surface area contributed by atoms with Gasteiger partial charge in [0, 0.05) is 27.2 Å². The maximum Gasteiger partial charge on any atom is 0.304 e. The van der Waals surface area contributed by atoms with Crippen LogP contribution >= 0.6 is 0 Å². The van der Waals surface area contributed by atoms with Crippen LogP contribution in [-0.4, -0.2) is 55.1 Å². The fraction of sp³-hybridized carbons (Fsp3) is 0.714. The SMILES string of the molecule is CC(=O)OC[C@H]1O[C@H](OC(C)=O)[C@@H](CC(N)=O)[C@H](F)[C@@H]1OC(C)=O. The molecule has 5 atom stereocenters. The highest BCUT2D eigenvalue weighted by Gasteiger charge is 2.50. The number of primary amides is 1. The first-order valence-corrected chi connectivity index (χ1v) is 7.17. The van der Waals surface area contributed by atoms with Gasteiger partial charge >= 0.3 is 17.9 Å². The average Bonchev–Trinajstić information content (AvgIpc) is 2.42. The van der Waals surface area contributed by atoms with Gasteiger partial charge in [0.25, 0.3) is 0 Å². The second-order valence-corrected chi connectivity index (χ2v) is 5.31. The molecule has 0 unspecified atom stereocenters. The lowest BCUT2D eigenvalue weighted by Crippen LogP contribution is -2.57. The van der Waals surface area contributed by atoms with Gasteiger partial charge in [-0.3, -0.25) is 19.2 Å².